The predicted molar refractivity (Wildman–Crippen MR) is 78.9 cm³/mol. The molecule has 2 aromatic rings. The molecule has 6 N–H and O–H groups in total. The second kappa shape index (κ2) is 6.76. The van der Waals surface area contributed by atoms with Gasteiger partial charge in [-0.15, -0.1) is 0 Å². The number of aliphatic hydroxyl groups excluding tert-OH is 4. The first-order chi connectivity index (χ1) is 10.5. The molecular formula is C16H18O6. The quantitative estimate of drug-likeness (QED) is 0.484. The molecule has 0 heterocycles. The summed E-state index contributed by atoms with van der Waals surface area (Å²) < 4.78 is 0. The van der Waals surface area contributed by atoms with Crippen molar-refractivity contribution in [2.24, 2.45) is 0 Å². The van der Waals surface area contributed by atoms with Crippen LogP contribution < -0.4 is 0 Å². The minimum absolute atomic E-state index is 0.105. The van der Waals surface area contributed by atoms with Gasteiger partial charge in [0.2, 0.25) is 0 Å². The first-order valence-corrected chi connectivity index (χ1v) is 6.69. The Balaban J connectivity index is 2.86. The molecule has 0 amide bonds. The summed E-state index contributed by atoms with van der Waals surface area (Å²) in [7, 11) is 0. The lowest BCUT2D eigenvalue weighted by molar-refractivity contribution is 0.271. The molecule has 6 heteroatoms. The molecule has 0 atom stereocenters. The molecule has 0 spiro atoms. The van der Waals surface area contributed by atoms with Crippen molar-refractivity contribution in [2.45, 2.75) is 26.4 Å². The third kappa shape index (κ3) is 2.90. The molecule has 0 aliphatic carbocycles. The van der Waals surface area contributed by atoms with Crippen LogP contribution in [-0.2, 0) is 26.4 Å². The molecule has 2 aromatic carbocycles. The summed E-state index contributed by atoms with van der Waals surface area (Å²) in [6, 6.07) is 5.40. The molecule has 0 saturated carbocycles. The minimum atomic E-state index is -0.395. The van der Waals surface area contributed by atoms with E-state index < -0.39 is 26.4 Å². The number of aliphatic hydroxyl groups is 4. The van der Waals surface area contributed by atoms with Crippen LogP contribution in [0.25, 0.3) is 11.1 Å². The number of rotatable bonds is 5. The van der Waals surface area contributed by atoms with Crippen molar-refractivity contribution in [1.29, 1.82) is 0 Å². The molecule has 0 aromatic heterocycles. The Morgan fingerprint density at radius 2 is 0.727 bits per heavy atom. The number of hydrogen-bond donors (Lipinski definition) is 6. The highest BCUT2D eigenvalue weighted by Crippen LogP contribution is 2.38. The largest absolute Gasteiger partial charge is 0.508 e. The zero-order chi connectivity index (χ0) is 16.3. The molecule has 2 rings (SSSR count). The van der Waals surface area contributed by atoms with Crippen LogP contribution >= 0.6 is 0 Å². The van der Waals surface area contributed by atoms with Crippen LogP contribution in [0.1, 0.15) is 22.3 Å². The summed E-state index contributed by atoms with van der Waals surface area (Å²) in [5.74, 6) is -0.210. The summed E-state index contributed by atoms with van der Waals surface area (Å²) in [5, 5.41) is 57.5. The van der Waals surface area contributed by atoms with E-state index in [0.29, 0.717) is 33.4 Å². The predicted octanol–water partition coefficient (Wildman–Crippen LogP) is 0.734. The fourth-order valence-corrected chi connectivity index (χ4v) is 2.64. The first-order valence-electron chi connectivity index (χ1n) is 6.69. The molecule has 0 aliphatic heterocycles. The molecular weight excluding hydrogens is 288 g/mol. The highest BCUT2D eigenvalue weighted by atomic mass is 16.3. The second-order valence-electron chi connectivity index (χ2n) is 4.91. The summed E-state index contributed by atoms with van der Waals surface area (Å²) in [6.07, 6.45) is 0. The van der Waals surface area contributed by atoms with Gasteiger partial charge in [0.1, 0.15) is 11.5 Å². The number of phenolic OH excluding ortho intramolecular Hbond substituents is 2. The van der Waals surface area contributed by atoms with Gasteiger partial charge >= 0.3 is 0 Å². The van der Waals surface area contributed by atoms with Crippen LogP contribution in [0.5, 0.6) is 11.5 Å². The maximum atomic E-state index is 9.66. The van der Waals surface area contributed by atoms with Gasteiger partial charge in [0, 0.05) is 0 Å². The number of aromatic hydroxyl groups is 2. The highest BCUT2D eigenvalue weighted by molar-refractivity contribution is 5.78. The molecule has 0 saturated heterocycles. The van der Waals surface area contributed by atoms with Crippen molar-refractivity contribution in [1.82, 2.24) is 0 Å². The lowest BCUT2D eigenvalue weighted by Crippen LogP contribution is -2.03. The zero-order valence-corrected chi connectivity index (χ0v) is 11.8. The average molecular weight is 306 g/mol. The van der Waals surface area contributed by atoms with Crippen molar-refractivity contribution in [3.05, 3.63) is 46.5 Å². The highest BCUT2D eigenvalue weighted by Gasteiger charge is 2.19. The Labute approximate surface area is 127 Å². The Bertz CT molecular complexity index is 571. The van der Waals surface area contributed by atoms with E-state index in [1.54, 1.807) is 0 Å². The average Bonchev–Trinajstić information content (AvgIpc) is 2.53. The third-order valence-corrected chi connectivity index (χ3v) is 3.50. The Morgan fingerprint density at radius 1 is 0.500 bits per heavy atom. The molecule has 0 radical (unpaired) electrons. The Morgan fingerprint density at radius 3 is 0.909 bits per heavy atom. The summed E-state index contributed by atoms with van der Waals surface area (Å²) >= 11 is 0. The van der Waals surface area contributed by atoms with Gasteiger partial charge in [-0.05, 0) is 57.6 Å². The van der Waals surface area contributed by atoms with Crippen LogP contribution in [0, 0.1) is 0 Å². The number of benzene rings is 2. The van der Waals surface area contributed by atoms with E-state index in [1.807, 2.05) is 0 Å². The van der Waals surface area contributed by atoms with Crippen LogP contribution in [0.3, 0.4) is 0 Å². The van der Waals surface area contributed by atoms with Crippen LogP contribution in [0.15, 0.2) is 24.3 Å². The molecule has 6 nitrogen and oxygen atoms in total. The Hall–Kier alpha value is -2.12. The Kier molecular flexibility index (Phi) is 4.99. The van der Waals surface area contributed by atoms with E-state index in [2.05, 4.69) is 0 Å². The van der Waals surface area contributed by atoms with E-state index in [0.717, 1.165) is 0 Å². The summed E-state index contributed by atoms with van der Waals surface area (Å²) in [6.45, 7) is -1.58. The van der Waals surface area contributed by atoms with Gasteiger partial charge in [0.05, 0.1) is 26.4 Å². The van der Waals surface area contributed by atoms with Crippen LogP contribution in [-0.4, -0.2) is 30.6 Å². The molecule has 118 valence electrons. The van der Waals surface area contributed by atoms with Crippen molar-refractivity contribution in [2.75, 3.05) is 0 Å². The van der Waals surface area contributed by atoms with Crippen molar-refractivity contribution < 1.29 is 30.6 Å². The summed E-state index contributed by atoms with van der Waals surface area (Å²) in [5.41, 5.74) is 2.24. The molecule has 22 heavy (non-hydrogen) atoms. The fraction of sp³-hybridized carbons (Fsp3) is 0.250. The lowest BCUT2D eigenvalue weighted by atomic mass is 9.88. The standard InChI is InChI=1S/C16H18O6/c17-5-9-1-13(21)2-10(6-18)15(9)16-11(7-19)3-14(22)4-12(16)8-20/h1-4,17-22H,5-8H2. The number of hydrogen-bond acceptors (Lipinski definition) is 6. The smallest absolute Gasteiger partial charge is 0.116 e. The zero-order valence-electron chi connectivity index (χ0n) is 11.8. The SMILES string of the molecule is OCc1cc(O)cc(CO)c1-c1c(CO)cc(O)cc1CO. The van der Waals surface area contributed by atoms with Gasteiger partial charge in [-0.3, -0.25) is 0 Å². The molecule has 0 unspecified atom stereocenters. The van der Waals surface area contributed by atoms with Crippen molar-refractivity contribution >= 4 is 0 Å². The lowest BCUT2D eigenvalue weighted by Gasteiger charge is -2.19. The van der Waals surface area contributed by atoms with Gasteiger partial charge in [0.25, 0.3) is 0 Å². The van der Waals surface area contributed by atoms with Crippen LogP contribution in [0.4, 0.5) is 0 Å². The summed E-state index contributed by atoms with van der Waals surface area (Å²) in [4.78, 5) is 0. The van der Waals surface area contributed by atoms with E-state index in [4.69, 9.17) is 0 Å². The van der Waals surface area contributed by atoms with Gasteiger partial charge in [-0.2, -0.15) is 0 Å². The number of phenols is 2. The first kappa shape index (κ1) is 16.3. The van der Waals surface area contributed by atoms with E-state index >= 15 is 0 Å². The normalized spacial score (nSPS) is 10.9. The fourth-order valence-electron chi connectivity index (χ4n) is 2.64. The van der Waals surface area contributed by atoms with E-state index in [9.17, 15) is 30.6 Å². The van der Waals surface area contributed by atoms with E-state index in [-0.39, 0.29) is 11.5 Å². The topological polar surface area (TPSA) is 121 Å². The monoisotopic (exact) mass is 306 g/mol. The molecule has 0 bridgehead atoms. The van der Waals surface area contributed by atoms with E-state index in [1.165, 1.54) is 24.3 Å². The maximum Gasteiger partial charge on any atom is 0.116 e. The third-order valence-electron chi connectivity index (χ3n) is 3.50. The van der Waals surface area contributed by atoms with Gasteiger partial charge in [-0.1, -0.05) is 0 Å². The molecule has 0 fully saturated rings. The van der Waals surface area contributed by atoms with Crippen molar-refractivity contribution in [3.8, 4) is 22.6 Å². The van der Waals surface area contributed by atoms with Gasteiger partial charge in [0.15, 0.2) is 0 Å². The maximum absolute atomic E-state index is 9.66. The second-order valence-corrected chi connectivity index (χ2v) is 4.91. The van der Waals surface area contributed by atoms with Crippen molar-refractivity contribution in [3.63, 3.8) is 0 Å². The van der Waals surface area contributed by atoms with Crippen LogP contribution in [0.2, 0.25) is 0 Å². The minimum Gasteiger partial charge on any atom is -0.508 e. The molecule has 0 aliphatic rings. The van der Waals surface area contributed by atoms with Gasteiger partial charge in [-0.25, -0.2) is 0 Å². The van der Waals surface area contributed by atoms with Gasteiger partial charge < -0.3 is 30.6 Å².